The number of esters is 2. The molecule has 0 amide bonds. The highest BCUT2D eigenvalue weighted by Gasteiger charge is 2.61. The van der Waals surface area contributed by atoms with E-state index >= 15 is 0 Å². The van der Waals surface area contributed by atoms with Gasteiger partial charge in [-0.2, -0.15) is 0 Å². The standard InChI is InChI=1S/C41H54O5/c1-26(2)36(46-39(44)29-14-10-7-11-15-29)21-16-27(3)33-19-20-34-32-18-17-30-24-31(45-38(43)28-12-8-6-9-13-28)25-37(42)41(30,5)35(32)22-23-40(33,34)4/h6-15,17,26-27,31-37,42H,16,18-25H2,1-5H3/t27-,31-,32+,33-,34+,35+,36+,37+,40-,41+/m1/s1. The van der Waals surface area contributed by atoms with Crippen molar-refractivity contribution in [2.45, 2.75) is 111 Å². The fourth-order valence-corrected chi connectivity index (χ4v) is 10.5. The first-order valence-corrected chi connectivity index (χ1v) is 17.9. The van der Waals surface area contributed by atoms with Gasteiger partial charge in [-0.15, -0.1) is 0 Å². The van der Waals surface area contributed by atoms with Gasteiger partial charge in [0.05, 0.1) is 17.2 Å². The third-order valence-corrected chi connectivity index (χ3v) is 13.1. The van der Waals surface area contributed by atoms with Gasteiger partial charge in [-0.25, -0.2) is 9.59 Å². The number of hydrogen-bond acceptors (Lipinski definition) is 5. The summed E-state index contributed by atoms with van der Waals surface area (Å²) in [5.41, 5.74) is 2.52. The van der Waals surface area contributed by atoms with Crippen molar-refractivity contribution in [3.8, 4) is 0 Å². The summed E-state index contributed by atoms with van der Waals surface area (Å²) in [4.78, 5) is 25.7. The predicted molar refractivity (Wildman–Crippen MR) is 181 cm³/mol. The van der Waals surface area contributed by atoms with Crippen LogP contribution >= 0.6 is 0 Å². The molecule has 0 spiro atoms. The van der Waals surface area contributed by atoms with Gasteiger partial charge in [0.2, 0.25) is 0 Å². The zero-order valence-corrected chi connectivity index (χ0v) is 28.5. The van der Waals surface area contributed by atoms with Crippen LogP contribution in [0.2, 0.25) is 0 Å². The average Bonchev–Trinajstić information content (AvgIpc) is 3.41. The van der Waals surface area contributed by atoms with E-state index in [0.29, 0.717) is 52.6 Å². The van der Waals surface area contributed by atoms with Crippen LogP contribution in [0.1, 0.15) is 113 Å². The number of hydrogen-bond donors (Lipinski definition) is 1. The van der Waals surface area contributed by atoms with E-state index in [1.807, 2.05) is 48.5 Å². The van der Waals surface area contributed by atoms with Gasteiger partial charge in [0.1, 0.15) is 12.2 Å². The Morgan fingerprint density at radius 2 is 1.52 bits per heavy atom. The number of fused-ring (bicyclic) bond motifs is 5. The molecule has 0 heterocycles. The Morgan fingerprint density at radius 3 is 2.17 bits per heavy atom. The van der Waals surface area contributed by atoms with Crippen LogP contribution in [0, 0.1) is 46.3 Å². The first kappa shape index (κ1) is 33.0. The fraction of sp³-hybridized carbons (Fsp3) is 0.610. The van der Waals surface area contributed by atoms with Gasteiger partial charge in [0.15, 0.2) is 0 Å². The molecule has 0 aliphatic heterocycles. The van der Waals surface area contributed by atoms with Crippen molar-refractivity contribution in [2.75, 3.05) is 0 Å². The topological polar surface area (TPSA) is 72.8 Å². The van der Waals surface area contributed by atoms with Crippen LogP contribution < -0.4 is 0 Å². The predicted octanol–water partition coefficient (Wildman–Crippen LogP) is 9.06. The van der Waals surface area contributed by atoms with Crippen LogP contribution in [0.4, 0.5) is 0 Å². The minimum absolute atomic E-state index is 0.0821. The lowest BCUT2D eigenvalue weighted by Crippen LogP contribution is -2.56. The number of allylic oxidation sites excluding steroid dienone is 1. The van der Waals surface area contributed by atoms with Crippen molar-refractivity contribution in [1.82, 2.24) is 0 Å². The van der Waals surface area contributed by atoms with E-state index in [4.69, 9.17) is 9.47 Å². The zero-order chi connectivity index (χ0) is 32.6. The molecule has 2 aromatic carbocycles. The molecular weight excluding hydrogens is 572 g/mol. The maximum Gasteiger partial charge on any atom is 0.338 e. The summed E-state index contributed by atoms with van der Waals surface area (Å²) >= 11 is 0. The van der Waals surface area contributed by atoms with Crippen LogP contribution in [0.25, 0.3) is 0 Å². The van der Waals surface area contributed by atoms with Crippen LogP contribution in [-0.4, -0.2) is 35.4 Å². The highest BCUT2D eigenvalue weighted by atomic mass is 16.5. The summed E-state index contributed by atoms with van der Waals surface area (Å²) in [5, 5.41) is 11.7. The highest BCUT2D eigenvalue weighted by Crippen LogP contribution is 2.67. The number of benzene rings is 2. The van der Waals surface area contributed by atoms with Gasteiger partial charge in [-0.3, -0.25) is 0 Å². The van der Waals surface area contributed by atoms with E-state index in [1.54, 1.807) is 12.1 Å². The van der Waals surface area contributed by atoms with Gasteiger partial charge in [0.25, 0.3) is 0 Å². The number of carbonyl (C=O) groups excluding carboxylic acids is 2. The lowest BCUT2D eigenvalue weighted by atomic mass is 9.46. The number of ether oxygens (including phenoxy) is 2. The molecule has 0 bridgehead atoms. The molecule has 6 rings (SSSR count). The second kappa shape index (κ2) is 13.3. The van der Waals surface area contributed by atoms with Gasteiger partial charge < -0.3 is 14.6 Å². The largest absolute Gasteiger partial charge is 0.459 e. The molecule has 3 saturated carbocycles. The Kier molecular flexibility index (Phi) is 9.54. The maximum absolute atomic E-state index is 12.8. The van der Waals surface area contributed by atoms with Crippen LogP contribution in [0.5, 0.6) is 0 Å². The van der Waals surface area contributed by atoms with E-state index in [0.717, 1.165) is 32.1 Å². The lowest BCUT2D eigenvalue weighted by Gasteiger charge is -2.59. The molecule has 4 aliphatic carbocycles. The second-order valence-electron chi connectivity index (χ2n) is 15.8. The van der Waals surface area contributed by atoms with Gasteiger partial charge in [-0.05, 0) is 110 Å². The Balaban J connectivity index is 1.10. The summed E-state index contributed by atoms with van der Waals surface area (Å²) in [6.45, 7) is 11.6. The molecule has 1 N–H and O–H groups in total. The second-order valence-corrected chi connectivity index (χ2v) is 15.8. The Bertz CT molecular complexity index is 1400. The van der Waals surface area contributed by atoms with Crippen molar-refractivity contribution < 1.29 is 24.2 Å². The minimum atomic E-state index is -0.513. The SMILES string of the molecule is CC(C)[C@H](CC[C@@H](C)[C@H]1CC[C@H]2[C@@H]3CC=C4C[C@@H](OC(=O)c5ccccc5)C[C@H](O)[C@]4(C)[C@H]3CC[C@]12C)OC(=O)c1ccccc1. The molecular formula is C41H54O5. The van der Waals surface area contributed by atoms with Crippen LogP contribution in [0.15, 0.2) is 72.3 Å². The molecule has 0 saturated heterocycles. The first-order chi connectivity index (χ1) is 22.0. The van der Waals surface area contributed by atoms with Crippen molar-refractivity contribution >= 4 is 11.9 Å². The quantitative estimate of drug-likeness (QED) is 0.222. The molecule has 248 valence electrons. The molecule has 46 heavy (non-hydrogen) atoms. The molecule has 0 unspecified atom stereocenters. The first-order valence-electron chi connectivity index (χ1n) is 17.9. The molecule has 0 radical (unpaired) electrons. The lowest BCUT2D eigenvalue weighted by molar-refractivity contribution is -0.109. The van der Waals surface area contributed by atoms with Crippen molar-refractivity contribution in [3.05, 3.63) is 83.4 Å². The summed E-state index contributed by atoms with van der Waals surface area (Å²) in [6.07, 6.45) is 10.7. The number of rotatable bonds is 9. The van der Waals surface area contributed by atoms with E-state index in [2.05, 4.69) is 40.7 Å². The third-order valence-electron chi connectivity index (χ3n) is 13.1. The molecule has 2 aromatic rings. The third kappa shape index (κ3) is 6.09. The Morgan fingerprint density at radius 1 is 0.870 bits per heavy atom. The monoisotopic (exact) mass is 626 g/mol. The molecule has 5 nitrogen and oxygen atoms in total. The fourth-order valence-electron chi connectivity index (χ4n) is 10.5. The van der Waals surface area contributed by atoms with Crippen molar-refractivity contribution in [3.63, 3.8) is 0 Å². The van der Waals surface area contributed by atoms with Crippen molar-refractivity contribution in [1.29, 1.82) is 0 Å². The number of aliphatic hydroxyl groups excluding tert-OH is 1. The summed E-state index contributed by atoms with van der Waals surface area (Å²) in [5.74, 6) is 2.68. The normalized spacial score (nSPS) is 34.8. The van der Waals surface area contributed by atoms with E-state index < -0.39 is 6.10 Å². The zero-order valence-electron chi connectivity index (χ0n) is 28.5. The Hall–Kier alpha value is -2.92. The highest BCUT2D eigenvalue weighted by molar-refractivity contribution is 5.89. The number of aliphatic hydroxyl groups is 1. The van der Waals surface area contributed by atoms with Gasteiger partial charge >= 0.3 is 11.9 Å². The smallest absolute Gasteiger partial charge is 0.338 e. The minimum Gasteiger partial charge on any atom is -0.459 e. The molecule has 0 aromatic heterocycles. The van der Waals surface area contributed by atoms with Crippen LogP contribution in [0.3, 0.4) is 0 Å². The molecule has 3 fully saturated rings. The Labute approximate surface area is 276 Å². The summed E-state index contributed by atoms with van der Waals surface area (Å²) in [7, 11) is 0. The van der Waals surface area contributed by atoms with Gasteiger partial charge in [-0.1, -0.05) is 82.7 Å². The van der Waals surface area contributed by atoms with Crippen LogP contribution in [-0.2, 0) is 9.47 Å². The van der Waals surface area contributed by atoms with E-state index in [1.165, 1.54) is 24.8 Å². The average molecular weight is 627 g/mol. The number of carbonyl (C=O) groups is 2. The van der Waals surface area contributed by atoms with E-state index in [9.17, 15) is 14.7 Å². The summed E-state index contributed by atoms with van der Waals surface area (Å²) in [6, 6.07) is 18.5. The van der Waals surface area contributed by atoms with Gasteiger partial charge in [0, 0.05) is 18.3 Å². The molecule has 10 atom stereocenters. The molecule has 5 heteroatoms. The summed E-state index contributed by atoms with van der Waals surface area (Å²) < 4.78 is 12.0. The van der Waals surface area contributed by atoms with Crippen molar-refractivity contribution in [2.24, 2.45) is 46.3 Å². The molecule has 4 aliphatic rings. The van der Waals surface area contributed by atoms with E-state index in [-0.39, 0.29) is 35.5 Å². The maximum atomic E-state index is 12.8.